The van der Waals surface area contributed by atoms with E-state index in [9.17, 15) is 9.59 Å². The van der Waals surface area contributed by atoms with Gasteiger partial charge in [-0.2, -0.15) is 0 Å². The van der Waals surface area contributed by atoms with Crippen LogP contribution in [0.25, 0.3) is 0 Å². The van der Waals surface area contributed by atoms with Gasteiger partial charge in [0.15, 0.2) is 6.61 Å². The Balaban J connectivity index is 1.69. The van der Waals surface area contributed by atoms with Crippen molar-refractivity contribution in [2.75, 3.05) is 26.3 Å². The van der Waals surface area contributed by atoms with Crippen LogP contribution in [0.2, 0.25) is 0 Å². The van der Waals surface area contributed by atoms with Crippen molar-refractivity contribution >= 4 is 27.9 Å². The highest BCUT2D eigenvalue weighted by atomic mass is 79.9. The van der Waals surface area contributed by atoms with Crippen LogP contribution < -0.4 is 10.1 Å². The third-order valence-corrected chi connectivity index (χ3v) is 4.05. The number of amides is 2. The summed E-state index contributed by atoms with van der Waals surface area (Å²) >= 11 is 3.35. The summed E-state index contributed by atoms with van der Waals surface area (Å²) in [4.78, 5) is 25.2. The number of carbonyl (C=O) groups is 2. The molecule has 0 aromatic heterocycles. The average molecular weight is 385 g/mol. The Labute approximate surface area is 144 Å². The predicted molar refractivity (Wildman–Crippen MR) is 89.4 cm³/mol. The van der Waals surface area contributed by atoms with Crippen molar-refractivity contribution in [1.82, 2.24) is 10.2 Å². The molecule has 6 nitrogen and oxygen atoms in total. The van der Waals surface area contributed by atoms with Gasteiger partial charge in [0.2, 0.25) is 0 Å². The summed E-state index contributed by atoms with van der Waals surface area (Å²) in [5.74, 6) is 0.492. The Morgan fingerprint density at radius 2 is 2.09 bits per heavy atom. The van der Waals surface area contributed by atoms with Crippen LogP contribution >= 0.6 is 15.9 Å². The van der Waals surface area contributed by atoms with Gasteiger partial charge in [-0.05, 0) is 38.0 Å². The van der Waals surface area contributed by atoms with E-state index in [2.05, 4.69) is 21.2 Å². The van der Waals surface area contributed by atoms with Gasteiger partial charge in [0.25, 0.3) is 5.91 Å². The SMILES string of the molecule is CCOC(=O)N1CCC(NC(=O)COc2cccc(Br)c2)CC1. The molecule has 23 heavy (non-hydrogen) atoms. The number of piperidine rings is 1. The van der Waals surface area contributed by atoms with Crippen LogP contribution in [0.4, 0.5) is 4.79 Å². The summed E-state index contributed by atoms with van der Waals surface area (Å²) in [7, 11) is 0. The standard InChI is InChI=1S/C16H21BrN2O4/c1-2-22-16(21)19-8-6-13(7-9-19)18-15(20)11-23-14-5-3-4-12(17)10-14/h3-5,10,13H,2,6-9,11H2,1H3,(H,18,20). The van der Waals surface area contributed by atoms with Crippen molar-refractivity contribution in [1.29, 1.82) is 0 Å². The minimum absolute atomic E-state index is 0.0193. The maximum atomic E-state index is 11.9. The van der Waals surface area contributed by atoms with E-state index in [0.717, 1.165) is 17.3 Å². The van der Waals surface area contributed by atoms with E-state index in [1.807, 2.05) is 18.2 Å². The van der Waals surface area contributed by atoms with E-state index in [4.69, 9.17) is 9.47 Å². The highest BCUT2D eigenvalue weighted by molar-refractivity contribution is 9.10. The first-order valence-electron chi connectivity index (χ1n) is 7.68. The number of nitrogens with one attached hydrogen (secondary N) is 1. The molecule has 0 aliphatic carbocycles. The molecule has 1 saturated heterocycles. The van der Waals surface area contributed by atoms with Gasteiger partial charge in [0.1, 0.15) is 5.75 Å². The number of rotatable bonds is 5. The molecule has 0 atom stereocenters. The molecule has 0 unspecified atom stereocenters. The molecule has 1 aliphatic rings. The van der Waals surface area contributed by atoms with Gasteiger partial charge in [0.05, 0.1) is 6.61 Å². The van der Waals surface area contributed by atoms with E-state index in [1.54, 1.807) is 17.9 Å². The second kappa shape index (κ2) is 8.76. The topological polar surface area (TPSA) is 67.9 Å². The summed E-state index contributed by atoms with van der Waals surface area (Å²) in [6.45, 7) is 3.33. The summed E-state index contributed by atoms with van der Waals surface area (Å²) < 4.78 is 11.3. The Morgan fingerprint density at radius 1 is 1.35 bits per heavy atom. The normalized spacial score (nSPS) is 15.1. The van der Waals surface area contributed by atoms with E-state index < -0.39 is 0 Å². The Hall–Kier alpha value is -1.76. The van der Waals surface area contributed by atoms with Crippen molar-refractivity contribution in [2.24, 2.45) is 0 Å². The highest BCUT2D eigenvalue weighted by Gasteiger charge is 2.24. The molecule has 1 aromatic rings. The molecule has 0 bridgehead atoms. The van der Waals surface area contributed by atoms with Crippen LogP contribution in [0, 0.1) is 0 Å². The lowest BCUT2D eigenvalue weighted by Crippen LogP contribution is -2.47. The number of hydrogen-bond donors (Lipinski definition) is 1. The Bertz CT molecular complexity index is 545. The fraction of sp³-hybridized carbons (Fsp3) is 0.500. The average Bonchev–Trinajstić information content (AvgIpc) is 2.54. The monoisotopic (exact) mass is 384 g/mol. The van der Waals surface area contributed by atoms with Crippen LogP contribution in [0.5, 0.6) is 5.75 Å². The molecule has 7 heteroatoms. The summed E-state index contributed by atoms with van der Waals surface area (Å²) in [5.41, 5.74) is 0. The van der Waals surface area contributed by atoms with Crippen LogP contribution in [0.15, 0.2) is 28.7 Å². The number of nitrogens with zero attached hydrogens (tertiary/aromatic N) is 1. The molecule has 0 saturated carbocycles. The number of hydrogen-bond acceptors (Lipinski definition) is 4. The van der Waals surface area contributed by atoms with Gasteiger partial charge < -0.3 is 19.7 Å². The lowest BCUT2D eigenvalue weighted by molar-refractivity contribution is -0.124. The summed E-state index contributed by atoms with van der Waals surface area (Å²) in [5, 5.41) is 2.94. The maximum absolute atomic E-state index is 11.9. The first kappa shape index (κ1) is 17.6. The first-order chi connectivity index (χ1) is 11.1. The fourth-order valence-corrected chi connectivity index (χ4v) is 2.77. The molecule has 0 radical (unpaired) electrons. The number of ether oxygens (including phenoxy) is 2. The van der Waals surface area contributed by atoms with E-state index >= 15 is 0 Å². The number of likely N-dealkylation sites (tertiary alicyclic amines) is 1. The van der Waals surface area contributed by atoms with Gasteiger partial charge in [0, 0.05) is 23.6 Å². The minimum Gasteiger partial charge on any atom is -0.484 e. The largest absolute Gasteiger partial charge is 0.484 e. The molecule has 1 heterocycles. The van der Waals surface area contributed by atoms with E-state index in [0.29, 0.717) is 25.4 Å². The third-order valence-electron chi connectivity index (χ3n) is 3.55. The number of halogens is 1. The lowest BCUT2D eigenvalue weighted by Gasteiger charge is -2.31. The zero-order valence-electron chi connectivity index (χ0n) is 13.1. The maximum Gasteiger partial charge on any atom is 0.409 e. The highest BCUT2D eigenvalue weighted by Crippen LogP contribution is 2.17. The number of carbonyl (C=O) groups excluding carboxylic acids is 2. The zero-order chi connectivity index (χ0) is 16.7. The van der Waals surface area contributed by atoms with E-state index in [1.165, 1.54) is 0 Å². The van der Waals surface area contributed by atoms with Gasteiger partial charge >= 0.3 is 6.09 Å². The van der Waals surface area contributed by atoms with Gasteiger partial charge in [-0.15, -0.1) is 0 Å². The molecular formula is C16H21BrN2O4. The molecule has 1 N–H and O–H groups in total. The lowest BCUT2D eigenvalue weighted by atomic mass is 10.1. The fourth-order valence-electron chi connectivity index (χ4n) is 2.40. The third kappa shape index (κ3) is 5.74. The van der Waals surface area contributed by atoms with Crippen LogP contribution in [0.1, 0.15) is 19.8 Å². The van der Waals surface area contributed by atoms with Crippen molar-refractivity contribution in [3.8, 4) is 5.75 Å². The molecule has 1 aromatic carbocycles. The summed E-state index contributed by atoms with van der Waals surface area (Å²) in [6.07, 6.45) is 1.17. The second-order valence-electron chi connectivity index (χ2n) is 5.27. The Kier molecular flexibility index (Phi) is 6.70. The van der Waals surface area contributed by atoms with Crippen molar-refractivity contribution in [3.05, 3.63) is 28.7 Å². The molecule has 2 amide bonds. The van der Waals surface area contributed by atoms with Gasteiger partial charge in [-0.1, -0.05) is 22.0 Å². The predicted octanol–water partition coefficient (Wildman–Crippen LogP) is 2.57. The molecule has 126 valence electrons. The van der Waals surface area contributed by atoms with Gasteiger partial charge in [-0.3, -0.25) is 4.79 Å². The molecule has 1 fully saturated rings. The molecule has 0 spiro atoms. The van der Waals surface area contributed by atoms with Crippen LogP contribution in [-0.2, 0) is 9.53 Å². The number of benzene rings is 1. The van der Waals surface area contributed by atoms with Crippen LogP contribution in [0.3, 0.4) is 0 Å². The van der Waals surface area contributed by atoms with Crippen molar-refractivity contribution in [2.45, 2.75) is 25.8 Å². The second-order valence-corrected chi connectivity index (χ2v) is 6.19. The van der Waals surface area contributed by atoms with Crippen molar-refractivity contribution in [3.63, 3.8) is 0 Å². The zero-order valence-corrected chi connectivity index (χ0v) is 14.7. The molecule has 1 aliphatic heterocycles. The first-order valence-corrected chi connectivity index (χ1v) is 8.47. The summed E-state index contributed by atoms with van der Waals surface area (Å²) in [6, 6.07) is 7.42. The Morgan fingerprint density at radius 3 is 2.74 bits per heavy atom. The van der Waals surface area contributed by atoms with E-state index in [-0.39, 0.29) is 24.6 Å². The quantitative estimate of drug-likeness (QED) is 0.846. The van der Waals surface area contributed by atoms with Gasteiger partial charge in [-0.25, -0.2) is 4.79 Å². The minimum atomic E-state index is -0.282. The molecule has 2 rings (SSSR count). The van der Waals surface area contributed by atoms with Crippen molar-refractivity contribution < 1.29 is 19.1 Å². The van der Waals surface area contributed by atoms with Crippen LogP contribution in [-0.4, -0.2) is 49.2 Å². The smallest absolute Gasteiger partial charge is 0.409 e. The molecular weight excluding hydrogens is 364 g/mol.